The van der Waals surface area contributed by atoms with Gasteiger partial charge in [0.05, 0.1) is 22.6 Å². The van der Waals surface area contributed by atoms with Gasteiger partial charge in [-0.3, -0.25) is 4.98 Å². The van der Waals surface area contributed by atoms with Crippen LogP contribution >= 0.6 is 0 Å². The molecule has 0 N–H and O–H groups in total. The average molecular weight is 266 g/mol. The Hall–Kier alpha value is -1.97. The van der Waals surface area contributed by atoms with Gasteiger partial charge in [0.1, 0.15) is 11.6 Å². The molecule has 1 saturated heterocycles. The first kappa shape index (κ1) is 11.8. The molecule has 0 aliphatic carbocycles. The molecule has 0 aromatic carbocycles. The highest BCUT2D eigenvalue weighted by Gasteiger charge is 2.34. The molecule has 20 heavy (non-hydrogen) atoms. The second-order valence-corrected chi connectivity index (χ2v) is 5.83. The smallest absolute Gasteiger partial charge is 0.142 e. The van der Waals surface area contributed by atoms with Crippen molar-refractivity contribution in [1.29, 1.82) is 0 Å². The molecule has 0 saturated carbocycles. The number of aromatic nitrogens is 3. The lowest BCUT2D eigenvalue weighted by Crippen LogP contribution is -2.43. The zero-order valence-electron chi connectivity index (χ0n) is 12.0. The topological polar surface area (TPSA) is 41.9 Å². The van der Waals surface area contributed by atoms with Gasteiger partial charge in [-0.1, -0.05) is 6.58 Å². The van der Waals surface area contributed by atoms with Gasteiger partial charge in [0.15, 0.2) is 0 Å². The van der Waals surface area contributed by atoms with Crippen LogP contribution in [-0.2, 0) is 0 Å². The number of pyridine rings is 1. The van der Waals surface area contributed by atoms with Crippen molar-refractivity contribution in [1.82, 2.24) is 15.0 Å². The van der Waals surface area contributed by atoms with E-state index in [4.69, 9.17) is 9.97 Å². The number of anilines is 1. The number of rotatable bonds is 0. The van der Waals surface area contributed by atoms with Gasteiger partial charge in [0.25, 0.3) is 0 Å². The van der Waals surface area contributed by atoms with Gasteiger partial charge in [-0.2, -0.15) is 0 Å². The van der Waals surface area contributed by atoms with Crippen molar-refractivity contribution in [3.63, 3.8) is 0 Å². The molecule has 0 amide bonds. The summed E-state index contributed by atoms with van der Waals surface area (Å²) in [7, 11) is 0. The minimum atomic E-state index is 0.364. The van der Waals surface area contributed by atoms with Crippen LogP contribution in [0.4, 0.5) is 5.82 Å². The SMILES string of the molecule is C=C1c2nc(C)cc3nc(C)nc(c23)N2CCCCC12. The summed E-state index contributed by atoms with van der Waals surface area (Å²) in [6, 6.07) is 2.41. The summed E-state index contributed by atoms with van der Waals surface area (Å²) < 4.78 is 0. The third-order valence-corrected chi connectivity index (χ3v) is 4.38. The predicted molar refractivity (Wildman–Crippen MR) is 80.8 cm³/mol. The summed E-state index contributed by atoms with van der Waals surface area (Å²) in [5.41, 5.74) is 4.15. The minimum Gasteiger partial charge on any atom is -0.349 e. The van der Waals surface area contributed by atoms with Crippen molar-refractivity contribution in [2.24, 2.45) is 0 Å². The number of piperidine rings is 1. The highest BCUT2D eigenvalue weighted by molar-refractivity contribution is 6.02. The van der Waals surface area contributed by atoms with E-state index in [-0.39, 0.29) is 0 Å². The minimum absolute atomic E-state index is 0.364. The molecule has 0 radical (unpaired) electrons. The van der Waals surface area contributed by atoms with Crippen molar-refractivity contribution in [2.75, 3.05) is 11.4 Å². The third-order valence-electron chi connectivity index (χ3n) is 4.38. The lowest BCUT2D eigenvalue weighted by Gasteiger charge is -2.41. The first-order chi connectivity index (χ1) is 9.65. The van der Waals surface area contributed by atoms with E-state index in [1.165, 1.54) is 12.8 Å². The van der Waals surface area contributed by atoms with E-state index < -0.39 is 0 Å². The number of aryl methyl sites for hydroxylation is 2. The Labute approximate surface area is 118 Å². The Kier molecular flexibility index (Phi) is 2.37. The molecule has 1 atom stereocenters. The molecule has 4 nitrogen and oxygen atoms in total. The first-order valence-corrected chi connectivity index (χ1v) is 7.27. The van der Waals surface area contributed by atoms with Crippen LogP contribution in [0.15, 0.2) is 12.6 Å². The van der Waals surface area contributed by atoms with Crippen LogP contribution in [0.2, 0.25) is 0 Å². The van der Waals surface area contributed by atoms with Gasteiger partial charge in [-0.05, 0) is 44.7 Å². The van der Waals surface area contributed by atoms with Gasteiger partial charge in [0, 0.05) is 12.2 Å². The van der Waals surface area contributed by atoms with Gasteiger partial charge in [0.2, 0.25) is 0 Å². The summed E-state index contributed by atoms with van der Waals surface area (Å²) in [6.07, 6.45) is 3.63. The second-order valence-electron chi connectivity index (χ2n) is 5.83. The Balaban J connectivity index is 2.10. The van der Waals surface area contributed by atoms with Crippen molar-refractivity contribution in [3.8, 4) is 0 Å². The summed E-state index contributed by atoms with van der Waals surface area (Å²) >= 11 is 0. The van der Waals surface area contributed by atoms with Gasteiger partial charge in [-0.25, -0.2) is 9.97 Å². The molecule has 4 rings (SSSR count). The molecule has 0 spiro atoms. The summed E-state index contributed by atoms with van der Waals surface area (Å²) in [5, 5.41) is 1.09. The molecule has 2 aromatic rings. The molecule has 102 valence electrons. The van der Waals surface area contributed by atoms with Crippen molar-refractivity contribution < 1.29 is 0 Å². The monoisotopic (exact) mass is 266 g/mol. The summed E-state index contributed by atoms with van der Waals surface area (Å²) in [6.45, 7) is 9.37. The fourth-order valence-corrected chi connectivity index (χ4v) is 3.52. The predicted octanol–water partition coefficient (Wildman–Crippen LogP) is 3.03. The van der Waals surface area contributed by atoms with E-state index >= 15 is 0 Å². The van der Waals surface area contributed by atoms with Crippen LogP contribution in [0.5, 0.6) is 0 Å². The maximum atomic E-state index is 4.73. The average Bonchev–Trinajstić information content (AvgIpc) is 2.43. The molecule has 0 bridgehead atoms. The Morgan fingerprint density at radius 3 is 2.90 bits per heavy atom. The van der Waals surface area contributed by atoms with E-state index in [1.54, 1.807) is 0 Å². The highest BCUT2D eigenvalue weighted by atomic mass is 15.2. The summed E-state index contributed by atoms with van der Waals surface area (Å²) in [5.74, 6) is 1.90. The molecule has 2 aromatic heterocycles. The Morgan fingerprint density at radius 1 is 1.20 bits per heavy atom. The van der Waals surface area contributed by atoms with E-state index in [9.17, 15) is 0 Å². The van der Waals surface area contributed by atoms with Crippen LogP contribution < -0.4 is 4.90 Å². The molecule has 4 heterocycles. The number of fused-ring (bicyclic) bond motifs is 2. The van der Waals surface area contributed by atoms with Gasteiger partial charge in [-0.15, -0.1) is 0 Å². The van der Waals surface area contributed by atoms with Crippen molar-refractivity contribution >= 4 is 22.3 Å². The molecule has 2 aliphatic rings. The largest absolute Gasteiger partial charge is 0.349 e. The third kappa shape index (κ3) is 1.51. The van der Waals surface area contributed by atoms with E-state index in [0.29, 0.717) is 6.04 Å². The summed E-state index contributed by atoms with van der Waals surface area (Å²) in [4.78, 5) is 16.4. The molecule has 1 unspecified atom stereocenters. The lowest BCUT2D eigenvalue weighted by molar-refractivity contribution is 0.516. The van der Waals surface area contributed by atoms with Crippen LogP contribution in [0.3, 0.4) is 0 Å². The Morgan fingerprint density at radius 2 is 2.05 bits per heavy atom. The van der Waals surface area contributed by atoms with Crippen molar-refractivity contribution in [2.45, 2.75) is 39.2 Å². The first-order valence-electron chi connectivity index (χ1n) is 7.27. The van der Waals surface area contributed by atoms with Gasteiger partial charge >= 0.3 is 0 Å². The Bertz CT molecular complexity index is 730. The van der Waals surface area contributed by atoms with E-state index in [2.05, 4.69) is 22.5 Å². The highest BCUT2D eigenvalue weighted by Crippen LogP contribution is 2.42. The maximum absolute atomic E-state index is 4.73. The number of hydrogen-bond donors (Lipinski definition) is 0. The number of hydrogen-bond acceptors (Lipinski definition) is 4. The number of nitrogens with zero attached hydrogens (tertiary/aromatic N) is 4. The zero-order valence-corrected chi connectivity index (χ0v) is 12.0. The van der Waals surface area contributed by atoms with Crippen LogP contribution in [0.25, 0.3) is 16.5 Å². The zero-order chi connectivity index (χ0) is 13.9. The standard InChI is InChI=1S/C16H18N4/c1-9-8-12-14-15(17-9)10(2)13-6-4-5-7-20(13)16(14)19-11(3)18-12/h8,13H,2,4-7H2,1,3H3. The van der Waals surface area contributed by atoms with Crippen LogP contribution in [0.1, 0.15) is 36.5 Å². The van der Waals surface area contributed by atoms with Crippen LogP contribution in [-0.4, -0.2) is 27.5 Å². The van der Waals surface area contributed by atoms with E-state index in [0.717, 1.165) is 52.5 Å². The van der Waals surface area contributed by atoms with Gasteiger partial charge < -0.3 is 4.90 Å². The fourth-order valence-electron chi connectivity index (χ4n) is 3.52. The van der Waals surface area contributed by atoms with Crippen LogP contribution in [0, 0.1) is 13.8 Å². The second kappa shape index (κ2) is 4.01. The van der Waals surface area contributed by atoms with Crippen molar-refractivity contribution in [3.05, 3.63) is 29.9 Å². The molecule has 4 heteroatoms. The molecular weight excluding hydrogens is 248 g/mol. The normalized spacial score (nSPS) is 21.2. The molecular formula is C16H18N4. The maximum Gasteiger partial charge on any atom is 0.142 e. The lowest BCUT2D eigenvalue weighted by atomic mass is 9.88. The molecule has 1 fully saturated rings. The molecule has 2 aliphatic heterocycles. The quantitative estimate of drug-likeness (QED) is 0.735. The van der Waals surface area contributed by atoms with E-state index in [1.807, 2.05) is 13.8 Å². The fraction of sp³-hybridized carbons (Fsp3) is 0.438.